The highest BCUT2D eigenvalue weighted by atomic mass is 16.3. The molecular weight excluding hydrogens is 202 g/mol. The Morgan fingerprint density at radius 2 is 2.31 bits per heavy atom. The van der Waals surface area contributed by atoms with Crippen molar-refractivity contribution in [2.24, 2.45) is 0 Å². The molecule has 0 aliphatic heterocycles. The quantitative estimate of drug-likeness (QED) is 0.768. The minimum absolute atomic E-state index is 0.419. The number of likely N-dealkylation sites (N-methyl/N-ethyl adjacent to an activating group) is 1. The van der Waals surface area contributed by atoms with E-state index in [1.54, 1.807) is 0 Å². The first-order valence-corrected chi connectivity index (χ1v) is 5.89. The fourth-order valence-electron chi connectivity index (χ4n) is 1.74. The van der Waals surface area contributed by atoms with Crippen molar-refractivity contribution in [3.63, 3.8) is 0 Å². The lowest BCUT2D eigenvalue weighted by atomic mass is 10.0. The summed E-state index contributed by atoms with van der Waals surface area (Å²) in [5.41, 5.74) is 0.212. The van der Waals surface area contributed by atoms with E-state index in [1.165, 1.54) is 0 Å². The summed E-state index contributed by atoms with van der Waals surface area (Å²) < 4.78 is 1.96. The maximum Gasteiger partial charge on any atom is 0.0799 e. The number of hydrogen-bond acceptors (Lipinski definition) is 3. The van der Waals surface area contributed by atoms with E-state index in [1.807, 2.05) is 30.9 Å². The molecule has 0 aliphatic carbocycles. The van der Waals surface area contributed by atoms with Crippen LogP contribution in [-0.4, -0.2) is 34.1 Å². The number of aromatic nitrogens is 2. The largest absolute Gasteiger partial charge is 0.388 e. The van der Waals surface area contributed by atoms with E-state index >= 15 is 0 Å². The van der Waals surface area contributed by atoms with Gasteiger partial charge in [-0.05, 0) is 33.4 Å². The van der Waals surface area contributed by atoms with Gasteiger partial charge in [0.2, 0.25) is 0 Å². The van der Waals surface area contributed by atoms with Gasteiger partial charge in [0.05, 0.1) is 11.3 Å². The molecule has 1 rings (SSSR count). The molecule has 0 amide bonds. The van der Waals surface area contributed by atoms with Crippen LogP contribution in [0.1, 0.15) is 38.9 Å². The molecule has 0 bridgehead atoms. The summed E-state index contributed by atoms with van der Waals surface area (Å²) in [7, 11) is 1.84. The van der Waals surface area contributed by atoms with E-state index in [0.717, 1.165) is 12.1 Å². The van der Waals surface area contributed by atoms with Gasteiger partial charge in [0.1, 0.15) is 0 Å². The monoisotopic (exact) mass is 225 g/mol. The number of nitrogens with one attached hydrogen (secondary N) is 1. The molecule has 1 heterocycles. The highest BCUT2D eigenvalue weighted by Gasteiger charge is 2.21. The molecule has 0 aliphatic rings. The maximum atomic E-state index is 10.1. The van der Waals surface area contributed by atoms with Gasteiger partial charge < -0.3 is 10.4 Å². The Hall–Kier alpha value is -0.870. The first-order chi connectivity index (χ1) is 7.48. The summed E-state index contributed by atoms with van der Waals surface area (Å²) in [4.78, 5) is 0. The number of hydrogen-bond donors (Lipinski definition) is 2. The van der Waals surface area contributed by atoms with Gasteiger partial charge in [0.25, 0.3) is 0 Å². The predicted molar refractivity (Wildman–Crippen MR) is 65.5 cm³/mol. The second-order valence-corrected chi connectivity index (χ2v) is 4.75. The number of rotatable bonds is 6. The van der Waals surface area contributed by atoms with Crippen LogP contribution in [0, 0.1) is 0 Å². The molecule has 0 saturated carbocycles. The van der Waals surface area contributed by atoms with Crippen molar-refractivity contribution in [2.45, 2.75) is 45.3 Å². The fourth-order valence-corrected chi connectivity index (χ4v) is 1.74. The van der Waals surface area contributed by atoms with Crippen LogP contribution in [0.25, 0.3) is 0 Å². The van der Waals surface area contributed by atoms with Crippen molar-refractivity contribution in [2.75, 3.05) is 13.6 Å². The second kappa shape index (κ2) is 5.46. The summed E-state index contributed by atoms with van der Waals surface area (Å²) >= 11 is 0. The summed E-state index contributed by atoms with van der Waals surface area (Å²) in [6.45, 7) is 6.68. The van der Waals surface area contributed by atoms with E-state index < -0.39 is 5.60 Å². The number of nitrogens with zero attached hydrogens (tertiary/aromatic N) is 2. The lowest BCUT2D eigenvalue weighted by molar-refractivity contribution is 0.0610. The van der Waals surface area contributed by atoms with Crippen molar-refractivity contribution >= 4 is 0 Å². The predicted octanol–water partition coefficient (Wildman–Crippen LogP) is 1.37. The highest BCUT2D eigenvalue weighted by molar-refractivity contribution is 5.04. The van der Waals surface area contributed by atoms with E-state index in [9.17, 15) is 5.11 Å². The summed E-state index contributed by atoms with van der Waals surface area (Å²) in [5, 5.41) is 17.5. The molecule has 2 atom stereocenters. The van der Waals surface area contributed by atoms with Crippen molar-refractivity contribution in [1.82, 2.24) is 15.1 Å². The van der Waals surface area contributed by atoms with Crippen LogP contribution in [0.15, 0.2) is 12.3 Å². The van der Waals surface area contributed by atoms with Gasteiger partial charge in [-0.1, -0.05) is 6.92 Å². The standard InChI is InChI=1S/C12H23N3O/c1-5-10(2)15-7-6-11(14-15)8-12(3,16)9-13-4/h6-7,10,13,16H,5,8-9H2,1-4H3. The number of aliphatic hydroxyl groups is 1. The highest BCUT2D eigenvalue weighted by Crippen LogP contribution is 2.13. The first-order valence-electron chi connectivity index (χ1n) is 5.89. The van der Waals surface area contributed by atoms with Gasteiger partial charge in [0.15, 0.2) is 0 Å². The van der Waals surface area contributed by atoms with Crippen molar-refractivity contribution in [1.29, 1.82) is 0 Å². The molecule has 0 aromatic carbocycles. The average Bonchev–Trinajstić information content (AvgIpc) is 2.64. The van der Waals surface area contributed by atoms with Crippen LogP contribution in [0.2, 0.25) is 0 Å². The topological polar surface area (TPSA) is 50.1 Å². The SMILES string of the molecule is CCC(C)n1ccc(CC(C)(O)CNC)n1. The Bertz CT molecular complexity index is 320. The van der Waals surface area contributed by atoms with Gasteiger partial charge >= 0.3 is 0 Å². The minimum atomic E-state index is -0.733. The molecule has 2 N–H and O–H groups in total. The molecule has 1 aromatic rings. The Kier molecular flexibility index (Phi) is 4.50. The van der Waals surface area contributed by atoms with Crippen LogP contribution < -0.4 is 5.32 Å². The van der Waals surface area contributed by atoms with Crippen molar-refractivity contribution in [3.05, 3.63) is 18.0 Å². The normalized spacial score (nSPS) is 17.1. The Labute approximate surface area is 97.7 Å². The molecular formula is C12H23N3O. The van der Waals surface area contributed by atoms with E-state index in [4.69, 9.17) is 0 Å². The van der Waals surface area contributed by atoms with Gasteiger partial charge in [-0.25, -0.2) is 0 Å². The van der Waals surface area contributed by atoms with Crippen LogP contribution in [0.4, 0.5) is 0 Å². The molecule has 4 nitrogen and oxygen atoms in total. The van der Waals surface area contributed by atoms with Crippen LogP contribution in [0.5, 0.6) is 0 Å². The minimum Gasteiger partial charge on any atom is -0.388 e. The molecule has 92 valence electrons. The third kappa shape index (κ3) is 3.61. The zero-order valence-corrected chi connectivity index (χ0v) is 10.7. The molecule has 0 radical (unpaired) electrons. The summed E-state index contributed by atoms with van der Waals surface area (Å²) in [5.74, 6) is 0. The average molecular weight is 225 g/mol. The first kappa shape index (κ1) is 13.2. The van der Waals surface area contributed by atoms with Gasteiger partial charge in [0, 0.05) is 25.2 Å². The molecule has 0 fully saturated rings. The molecule has 1 aromatic heterocycles. The van der Waals surface area contributed by atoms with Crippen LogP contribution >= 0.6 is 0 Å². The van der Waals surface area contributed by atoms with Gasteiger partial charge in [-0.3, -0.25) is 4.68 Å². The zero-order valence-electron chi connectivity index (χ0n) is 10.7. The Morgan fingerprint density at radius 3 is 2.88 bits per heavy atom. The van der Waals surface area contributed by atoms with Crippen molar-refractivity contribution in [3.8, 4) is 0 Å². The Balaban J connectivity index is 2.65. The van der Waals surface area contributed by atoms with Crippen LogP contribution in [-0.2, 0) is 6.42 Å². The van der Waals surface area contributed by atoms with Gasteiger partial charge in [-0.15, -0.1) is 0 Å². The van der Waals surface area contributed by atoms with E-state index in [-0.39, 0.29) is 0 Å². The lowest BCUT2D eigenvalue weighted by Crippen LogP contribution is -2.38. The smallest absolute Gasteiger partial charge is 0.0799 e. The molecule has 2 unspecified atom stereocenters. The van der Waals surface area contributed by atoms with E-state index in [2.05, 4.69) is 24.3 Å². The molecule has 4 heteroatoms. The zero-order chi connectivity index (χ0) is 12.2. The molecule has 0 spiro atoms. The summed E-state index contributed by atoms with van der Waals surface area (Å²) in [6.07, 6.45) is 3.63. The third-order valence-electron chi connectivity index (χ3n) is 2.83. The lowest BCUT2D eigenvalue weighted by Gasteiger charge is -2.21. The fraction of sp³-hybridized carbons (Fsp3) is 0.750. The van der Waals surface area contributed by atoms with Gasteiger partial charge in [-0.2, -0.15) is 5.10 Å². The van der Waals surface area contributed by atoms with E-state index in [0.29, 0.717) is 19.0 Å². The van der Waals surface area contributed by atoms with Crippen molar-refractivity contribution < 1.29 is 5.11 Å². The second-order valence-electron chi connectivity index (χ2n) is 4.75. The maximum absolute atomic E-state index is 10.1. The third-order valence-corrected chi connectivity index (χ3v) is 2.83. The molecule has 16 heavy (non-hydrogen) atoms. The van der Waals surface area contributed by atoms with Crippen LogP contribution in [0.3, 0.4) is 0 Å². The Morgan fingerprint density at radius 1 is 1.62 bits per heavy atom. The summed E-state index contributed by atoms with van der Waals surface area (Å²) in [6, 6.07) is 2.40. The molecule has 0 saturated heterocycles.